The first-order chi connectivity index (χ1) is 10.2. The van der Waals surface area contributed by atoms with Crippen LogP contribution in [0.2, 0.25) is 0 Å². The van der Waals surface area contributed by atoms with Crippen LogP contribution in [0.15, 0.2) is 0 Å². The van der Waals surface area contributed by atoms with E-state index in [1.165, 1.54) is 0 Å². The van der Waals surface area contributed by atoms with E-state index in [4.69, 9.17) is 5.73 Å². The van der Waals surface area contributed by atoms with Crippen molar-refractivity contribution in [1.29, 1.82) is 0 Å². The molecule has 1 spiro atoms. The van der Waals surface area contributed by atoms with Crippen LogP contribution in [0.5, 0.6) is 0 Å². The summed E-state index contributed by atoms with van der Waals surface area (Å²) in [5, 5.41) is 13.2. The van der Waals surface area contributed by atoms with Crippen molar-refractivity contribution in [3.05, 3.63) is 0 Å². The number of carbonyl (C=O) groups is 1. The molecule has 7 heteroatoms. The standard InChI is InChI=1S/C15H23F3N2O2/c16-15(17,18)14(22)4-1-9(2-5-14)11-8-13(11)7-10(12(19)21)3-6-20-13/h9-11,20,22H,1-8H2,(H2,19,21). The van der Waals surface area contributed by atoms with E-state index >= 15 is 0 Å². The van der Waals surface area contributed by atoms with Gasteiger partial charge >= 0.3 is 6.18 Å². The summed E-state index contributed by atoms with van der Waals surface area (Å²) in [6.45, 7) is 0.739. The molecule has 2 aliphatic carbocycles. The molecule has 4 N–H and O–H groups in total. The fourth-order valence-electron chi connectivity index (χ4n) is 4.54. The molecule has 1 saturated heterocycles. The number of aliphatic hydroxyl groups is 1. The molecule has 126 valence electrons. The third-order valence-electron chi connectivity index (χ3n) is 6.07. The van der Waals surface area contributed by atoms with Gasteiger partial charge in [0.05, 0.1) is 0 Å². The number of hydrogen-bond acceptors (Lipinski definition) is 3. The van der Waals surface area contributed by atoms with Crippen LogP contribution >= 0.6 is 0 Å². The van der Waals surface area contributed by atoms with Crippen molar-refractivity contribution in [1.82, 2.24) is 5.32 Å². The second-order valence-corrected chi connectivity index (χ2v) is 7.35. The Labute approximate surface area is 127 Å². The van der Waals surface area contributed by atoms with Gasteiger partial charge in [0.1, 0.15) is 0 Å². The smallest absolute Gasteiger partial charge is 0.380 e. The second kappa shape index (κ2) is 5.09. The van der Waals surface area contributed by atoms with E-state index in [1.807, 2.05) is 0 Å². The molecule has 3 unspecified atom stereocenters. The maximum Gasteiger partial charge on any atom is 0.417 e. The average Bonchev–Trinajstić information content (AvgIpc) is 3.11. The molecule has 0 bridgehead atoms. The molecule has 3 fully saturated rings. The molecule has 3 aliphatic rings. The minimum atomic E-state index is -4.54. The maximum absolute atomic E-state index is 12.8. The van der Waals surface area contributed by atoms with Crippen LogP contribution in [0.3, 0.4) is 0 Å². The molecule has 0 aromatic heterocycles. The third kappa shape index (κ3) is 2.62. The Kier molecular flexibility index (Phi) is 3.72. The average molecular weight is 320 g/mol. The van der Waals surface area contributed by atoms with Crippen LogP contribution in [0, 0.1) is 17.8 Å². The van der Waals surface area contributed by atoms with E-state index in [2.05, 4.69) is 5.32 Å². The summed E-state index contributed by atoms with van der Waals surface area (Å²) in [7, 11) is 0. The molecular weight excluding hydrogens is 297 g/mol. The van der Waals surface area contributed by atoms with E-state index < -0.39 is 11.8 Å². The number of amides is 1. The van der Waals surface area contributed by atoms with Crippen molar-refractivity contribution < 1.29 is 23.1 Å². The Hall–Kier alpha value is -0.820. The van der Waals surface area contributed by atoms with Crippen molar-refractivity contribution in [2.24, 2.45) is 23.5 Å². The van der Waals surface area contributed by atoms with Gasteiger partial charge in [-0.2, -0.15) is 13.2 Å². The van der Waals surface area contributed by atoms with Gasteiger partial charge in [0.25, 0.3) is 0 Å². The number of piperidine rings is 1. The van der Waals surface area contributed by atoms with Gasteiger partial charge in [-0.3, -0.25) is 4.79 Å². The zero-order valence-corrected chi connectivity index (χ0v) is 12.5. The summed E-state index contributed by atoms with van der Waals surface area (Å²) in [4.78, 5) is 11.4. The van der Waals surface area contributed by atoms with Gasteiger partial charge < -0.3 is 16.2 Å². The van der Waals surface area contributed by atoms with Crippen LogP contribution in [0.25, 0.3) is 0 Å². The second-order valence-electron chi connectivity index (χ2n) is 7.35. The Morgan fingerprint density at radius 2 is 1.82 bits per heavy atom. The Morgan fingerprint density at radius 1 is 1.18 bits per heavy atom. The van der Waals surface area contributed by atoms with Gasteiger partial charge in [-0.25, -0.2) is 0 Å². The first kappa shape index (κ1) is 16.1. The Morgan fingerprint density at radius 3 is 2.36 bits per heavy atom. The van der Waals surface area contributed by atoms with Crippen molar-refractivity contribution >= 4 is 5.91 Å². The predicted molar refractivity (Wildman–Crippen MR) is 73.7 cm³/mol. The van der Waals surface area contributed by atoms with Crippen molar-refractivity contribution in [3.8, 4) is 0 Å². The van der Waals surface area contributed by atoms with Crippen LogP contribution in [0.4, 0.5) is 13.2 Å². The topological polar surface area (TPSA) is 75.4 Å². The number of rotatable bonds is 2. The minimum Gasteiger partial charge on any atom is -0.380 e. The largest absolute Gasteiger partial charge is 0.417 e. The van der Waals surface area contributed by atoms with Gasteiger partial charge in [-0.15, -0.1) is 0 Å². The molecular formula is C15H23F3N2O2. The zero-order chi connectivity index (χ0) is 16.2. The van der Waals surface area contributed by atoms with Gasteiger partial charge in [-0.1, -0.05) is 0 Å². The highest BCUT2D eigenvalue weighted by molar-refractivity contribution is 5.77. The predicted octanol–water partition coefficient (Wildman–Crippen LogP) is 1.71. The fourth-order valence-corrected chi connectivity index (χ4v) is 4.54. The Balaban J connectivity index is 1.59. The maximum atomic E-state index is 12.8. The molecule has 3 rings (SSSR count). The first-order valence-electron chi connectivity index (χ1n) is 8.00. The van der Waals surface area contributed by atoms with Gasteiger partial charge in [-0.05, 0) is 63.3 Å². The quantitative estimate of drug-likeness (QED) is 0.725. The van der Waals surface area contributed by atoms with Crippen LogP contribution < -0.4 is 11.1 Å². The third-order valence-corrected chi connectivity index (χ3v) is 6.07. The highest BCUT2D eigenvalue weighted by atomic mass is 19.4. The lowest BCUT2D eigenvalue weighted by Gasteiger charge is -2.39. The van der Waals surface area contributed by atoms with Crippen LogP contribution in [0.1, 0.15) is 44.9 Å². The summed E-state index contributed by atoms with van der Waals surface area (Å²) >= 11 is 0. The lowest BCUT2D eigenvalue weighted by atomic mass is 9.75. The fraction of sp³-hybridized carbons (Fsp3) is 0.933. The molecule has 1 heterocycles. The van der Waals surface area contributed by atoms with Crippen molar-refractivity contribution in [2.45, 2.75) is 62.3 Å². The highest BCUT2D eigenvalue weighted by Crippen LogP contribution is 2.58. The lowest BCUT2D eigenvalue weighted by molar-refractivity contribution is -0.272. The van der Waals surface area contributed by atoms with Gasteiger partial charge in [0, 0.05) is 11.5 Å². The van der Waals surface area contributed by atoms with Crippen molar-refractivity contribution in [2.75, 3.05) is 6.54 Å². The summed E-state index contributed by atoms with van der Waals surface area (Å²) in [6, 6.07) is 0. The summed E-state index contributed by atoms with van der Waals surface area (Å²) < 4.78 is 38.5. The van der Waals surface area contributed by atoms with Crippen molar-refractivity contribution in [3.63, 3.8) is 0 Å². The van der Waals surface area contributed by atoms with Crippen LogP contribution in [-0.4, -0.2) is 34.9 Å². The SMILES string of the molecule is NC(=O)C1CCNC2(C1)CC2C1CCC(O)(C(F)(F)F)CC1. The van der Waals surface area contributed by atoms with E-state index in [1.54, 1.807) is 0 Å². The summed E-state index contributed by atoms with van der Waals surface area (Å²) in [5.41, 5.74) is 2.79. The summed E-state index contributed by atoms with van der Waals surface area (Å²) in [5.74, 6) is 0.109. The molecule has 2 saturated carbocycles. The molecule has 1 amide bonds. The Bertz CT molecular complexity index is 460. The molecule has 1 aliphatic heterocycles. The van der Waals surface area contributed by atoms with E-state index in [0.717, 1.165) is 19.4 Å². The molecule has 4 nitrogen and oxygen atoms in total. The number of primary amides is 1. The first-order valence-corrected chi connectivity index (χ1v) is 8.00. The highest BCUT2D eigenvalue weighted by Gasteiger charge is 2.62. The number of alkyl halides is 3. The zero-order valence-electron chi connectivity index (χ0n) is 12.5. The molecule has 3 atom stereocenters. The van der Waals surface area contributed by atoms with Gasteiger partial charge in [0.2, 0.25) is 5.91 Å². The monoisotopic (exact) mass is 320 g/mol. The number of carbonyl (C=O) groups excluding carboxylic acids is 1. The lowest BCUT2D eigenvalue weighted by Crippen LogP contribution is -2.49. The van der Waals surface area contributed by atoms with E-state index in [0.29, 0.717) is 25.2 Å². The molecule has 22 heavy (non-hydrogen) atoms. The normalized spacial score (nSPS) is 45.7. The molecule has 0 radical (unpaired) electrons. The van der Waals surface area contributed by atoms with Crippen LogP contribution in [-0.2, 0) is 4.79 Å². The van der Waals surface area contributed by atoms with E-state index in [-0.39, 0.29) is 36.1 Å². The number of halogens is 3. The number of nitrogens with one attached hydrogen (secondary N) is 1. The summed E-state index contributed by atoms with van der Waals surface area (Å²) in [6.07, 6.45) is -1.84. The molecule has 0 aromatic carbocycles. The minimum absolute atomic E-state index is 0.101. The van der Waals surface area contributed by atoms with E-state index in [9.17, 15) is 23.1 Å². The molecule has 0 aromatic rings. The number of hydrogen-bond donors (Lipinski definition) is 3. The van der Waals surface area contributed by atoms with Gasteiger partial charge in [0.15, 0.2) is 5.60 Å². The number of nitrogens with two attached hydrogens (primary N) is 1.